The molecule has 0 aromatic heterocycles. The molecule has 3 heteroatoms. The molecule has 3 nitrogen and oxygen atoms in total. The van der Waals surface area contributed by atoms with Gasteiger partial charge in [-0.05, 0) is 17.4 Å². The summed E-state index contributed by atoms with van der Waals surface area (Å²) in [6, 6.07) is 3.63. The molecule has 1 rings (SSSR count). The summed E-state index contributed by atoms with van der Waals surface area (Å²) in [4.78, 5) is 40.4. The fourth-order valence-electron chi connectivity index (χ4n) is 3.20. The second-order valence-electron chi connectivity index (χ2n) is 12.5. The third kappa shape index (κ3) is 6.10. The van der Waals surface area contributed by atoms with Crippen molar-refractivity contribution >= 4 is 17.3 Å². The van der Waals surface area contributed by atoms with Crippen LogP contribution >= 0.6 is 0 Å². The van der Waals surface area contributed by atoms with E-state index in [0.717, 1.165) is 5.56 Å². The van der Waals surface area contributed by atoms with E-state index in [1.807, 2.05) is 68.4 Å². The Morgan fingerprint density at radius 2 is 0.966 bits per heavy atom. The van der Waals surface area contributed by atoms with Gasteiger partial charge in [-0.25, -0.2) is 0 Å². The maximum absolute atomic E-state index is 13.6. The summed E-state index contributed by atoms with van der Waals surface area (Å²) in [6.07, 6.45) is 0.651. The lowest BCUT2D eigenvalue weighted by Gasteiger charge is -2.29. The SMILES string of the molecule is CC(C)(C)Cc1ccc(C(=O)C(C)(C)C)c(C(=O)C(C)(C)C)c1C(=O)C(C)(C)C. The molecule has 0 bridgehead atoms. The van der Waals surface area contributed by atoms with Gasteiger partial charge in [-0.2, -0.15) is 0 Å². The first-order valence-electron chi connectivity index (χ1n) is 10.5. The van der Waals surface area contributed by atoms with Crippen molar-refractivity contribution in [1.29, 1.82) is 0 Å². The van der Waals surface area contributed by atoms with Crippen LogP contribution < -0.4 is 0 Å². The minimum Gasteiger partial charge on any atom is -0.294 e. The van der Waals surface area contributed by atoms with Crippen LogP contribution in [0.4, 0.5) is 0 Å². The molecule has 0 N–H and O–H groups in total. The Morgan fingerprint density at radius 1 is 0.586 bits per heavy atom. The zero-order chi connectivity index (χ0) is 23.2. The molecule has 0 saturated carbocycles. The van der Waals surface area contributed by atoms with E-state index in [1.165, 1.54) is 0 Å². The Hall–Kier alpha value is -1.77. The van der Waals surface area contributed by atoms with Crippen LogP contribution in [-0.4, -0.2) is 17.3 Å². The first-order valence-corrected chi connectivity index (χ1v) is 10.5. The first kappa shape index (κ1) is 25.3. The highest BCUT2D eigenvalue weighted by atomic mass is 16.1. The normalized spacial score (nSPS) is 13.4. The smallest absolute Gasteiger partial charge is 0.169 e. The zero-order valence-electron chi connectivity index (χ0n) is 20.6. The summed E-state index contributed by atoms with van der Waals surface area (Å²) < 4.78 is 0. The van der Waals surface area contributed by atoms with E-state index in [0.29, 0.717) is 23.1 Å². The number of Topliss-reactive ketones (excluding diaryl/α,β-unsaturated/α-hetero) is 3. The number of hydrogen-bond donors (Lipinski definition) is 0. The molecule has 0 fully saturated rings. The fourth-order valence-corrected chi connectivity index (χ4v) is 3.20. The molecule has 0 aliphatic heterocycles. The van der Waals surface area contributed by atoms with Crippen molar-refractivity contribution in [3.05, 3.63) is 34.4 Å². The van der Waals surface area contributed by atoms with E-state index >= 15 is 0 Å². The van der Waals surface area contributed by atoms with Gasteiger partial charge in [0.25, 0.3) is 0 Å². The Bertz CT molecular complexity index is 814. The molecule has 0 amide bonds. The number of benzene rings is 1. The van der Waals surface area contributed by atoms with Crippen LogP contribution in [0.15, 0.2) is 12.1 Å². The van der Waals surface area contributed by atoms with Gasteiger partial charge in [0.2, 0.25) is 0 Å². The third-order valence-corrected chi connectivity index (χ3v) is 4.75. The van der Waals surface area contributed by atoms with Gasteiger partial charge in [0.15, 0.2) is 17.3 Å². The summed E-state index contributed by atoms with van der Waals surface area (Å²) >= 11 is 0. The molecule has 1 aromatic rings. The van der Waals surface area contributed by atoms with Crippen LogP contribution in [0.2, 0.25) is 0 Å². The van der Waals surface area contributed by atoms with E-state index in [-0.39, 0.29) is 22.8 Å². The molecule has 0 atom stereocenters. The second kappa shape index (κ2) is 7.81. The highest BCUT2D eigenvalue weighted by Gasteiger charge is 2.38. The van der Waals surface area contributed by atoms with Crippen LogP contribution in [0.25, 0.3) is 0 Å². The number of carbonyl (C=O) groups is 3. The zero-order valence-corrected chi connectivity index (χ0v) is 20.6. The molecule has 0 heterocycles. The predicted octanol–water partition coefficient (Wildman–Crippen LogP) is 6.96. The van der Waals surface area contributed by atoms with Gasteiger partial charge in [0, 0.05) is 32.9 Å². The van der Waals surface area contributed by atoms with Gasteiger partial charge in [-0.3, -0.25) is 14.4 Å². The fraction of sp³-hybridized carbons (Fsp3) is 0.654. The second-order valence-corrected chi connectivity index (χ2v) is 12.5. The van der Waals surface area contributed by atoms with Gasteiger partial charge in [0.1, 0.15) is 0 Å². The number of rotatable bonds is 4. The predicted molar refractivity (Wildman–Crippen MR) is 121 cm³/mol. The molecule has 1 aromatic carbocycles. The lowest BCUT2D eigenvalue weighted by Crippen LogP contribution is -2.32. The Morgan fingerprint density at radius 3 is 1.31 bits per heavy atom. The third-order valence-electron chi connectivity index (χ3n) is 4.75. The maximum Gasteiger partial charge on any atom is 0.169 e. The monoisotopic (exact) mass is 400 g/mol. The quantitative estimate of drug-likeness (QED) is 0.513. The van der Waals surface area contributed by atoms with Crippen LogP contribution in [0.5, 0.6) is 0 Å². The summed E-state index contributed by atoms with van der Waals surface area (Å²) in [5.41, 5.74) is -0.145. The van der Waals surface area contributed by atoms with Crippen LogP contribution in [-0.2, 0) is 6.42 Å². The summed E-state index contributed by atoms with van der Waals surface area (Å²) in [7, 11) is 0. The number of carbonyl (C=O) groups excluding carboxylic acids is 3. The van der Waals surface area contributed by atoms with Crippen LogP contribution in [0, 0.1) is 21.7 Å². The minimum absolute atomic E-state index is 0.0650. The van der Waals surface area contributed by atoms with E-state index in [9.17, 15) is 14.4 Å². The van der Waals surface area contributed by atoms with Crippen molar-refractivity contribution in [3.63, 3.8) is 0 Å². The molecule has 162 valence electrons. The molecule has 0 saturated heterocycles. The molecule has 29 heavy (non-hydrogen) atoms. The number of ketones is 3. The van der Waals surface area contributed by atoms with Crippen molar-refractivity contribution in [2.75, 3.05) is 0 Å². The highest BCUT2D eigenvalue weighted by molar-refractivity contribution is 6.19. The van der Waals surface area contributed by atoms with E-state index in [2.05, 4.69) is 20.8 Å². The Kier molecular flexibility index (Phi) is 6.81. The van der Waals surface area contributed by atoms with Crippen LogP contribution in [0.3, 0.4) is 0 Å². The first-order chi connectivity index (χ1) is 12.7. The summed E-state index contributed by atoms with van der Waals surface area (Å²) in [5.74, 6) is -0.364. The molecular formula is C26H40O3. The van der Waals surface area contributed by atoms with Crippen molar-refractivity contribution in [2.24, 2.45) is 21.7 Å². The average molecular weight is 401 g/mol. The maximum atomic E-state index is 13.6. The van der Waals surface area contributed by atoms with Gasteiger partial charge in [-0.15, -0.1) is 0 Å². The van der Waals surface area contributed by atoms with E-state index < -0.39 is 16.2 Å². The van der Waals surface area contributed by atoms with Crippen molar-refractivity contribution < 1.29 is 14.4 Å². The summed E-state index contributed by atoms with van der Waals surface area (Å²) in [6.45, 7) is 22.9. The lowest BCUT2D eigenvalue weighted by molar-refractivity contribution is 0.0807. The Labute approximate surface area is 177 Å². The molecule has 0 unspecified atom stereocenters. The lowest BCUT2D eigenvalue weighted by atomic mass is 9.72. The van der Waals surface area contributed by atoms with Crippen LogP contribution in [0.1, 0.15) is 120 Å². The number of hydrogen-bond acceptors (Lipinski definition) is 3. The highest BCUT2D eigenvalue weighted by Crippen LogP contribution is 2.37. The largest absolute Gasteiger partial charge is 0.294 e. The molecule has 0 radical (unpaired) electrons. The van der Waals surface area contributed by atoms with Gasteiger partial charge in [-0.1, -0.05) is 95.2 Å². The minimum atomic E-state index is -0.708. The molecular weight excluding hydrogens is 360 g/mol. The molecule has 0 aliphatic rings. The standard InChI is InChI=1S/C26H40O3/c1-23(2,3)15-16-13-14-17(20(27)24(4,5)6)19(22(29)26(10,11)12)18(16)21(28)25(7,8)9/h13-14H,15H2,1-12H3. The van der Waals surface area contributed by atoms with E-state index in [4.69, 9.17) is 0 Å². The van der Waals surface area contributed by atoms with Crippen molar-refractivity contribution in [1.82, 2.24) is 0 Å². The molecule has 0 aliphatic carbocycles. The van der Waals surface area contributed by atoms with Gasteiger partial charge >= 0.3 is 0 Å². The topological polar surface area (TPSA) is 51.2 Å². The van der Waals surface area contributed by atoms with Gasteiger partial charge in [0.05, 0.1) is 0 Å². The van der Waals surface area contributed by atoms with Crippen molar-refractivity contribution in [2.45, 2.75) is 89.5 Å². The van der Waals surface area contributed by atoms with Gasteiger partial charge < -0.3 is 0 Å². The average Bonchev–Trinajstić information content (AvgIpc) is 2.48. The summed E-state index contributed by atoms with van der Waals surface area (Å²) in [5, 5.41) is 0. The Balaban J connectivity index is 4.10. The van der Waals surface area contributed by atoms with Crippen molar-refractivity contribution in [3.8, 4) is 0 Å². The molecule has 0 spiro atoms. The van der Waals surface area contributed by atoms with E-state index in [1.54, 1.807) is 6.07 Å².